The Morgan fingerprint density at radius 2 is 2.38 bits per heavy atom. The molecular weight excluding hydrogens is 152 g/mol. The van der Waals surface area contributed by atoms with Gasteiger partial charge in [-0.2, -0.15) is 0 Å². The summed E-state index contributed by atoms with van der Waals surface area (Å²) in [6.45, 7) is 2.10. The number of rotatable bonds is 2. The molecule has 0 fully saturated rings. The molecule has 0 unspecified atom stereocenters. The zero-order valence-corrected chi connectivity index (χ0v) is 6.07. The van der Waals surface area contributed by atoms with Gasteiger partial charge in [0.15, 0.2) is 0 Å². The fourth-order valence-electron chi connectivity index (χ4n) is 0.215. The molecule has 0 radical (unpaired) electrons. The Labute approximate surface area is 57.3 Å². The third-order valence-corrected chi connectivity index (χ3v) is 0.975. The van der Waals surface area contributed by atoms with Gasteiger partial charge in [0.2, 0.25) is 0 Å². The summed E-state index contributed by atoms with van der Waals surface area (Å²) in [5, 5.41) is 0. The Bertz CT molecular complexity index is 80.4. The molecule has 8 heavy (non-hydrogen) atoms. The molecule has 0 aliphatic carbocycles. The van der Waals surface area contributed by atoms with Crippen LogP contribution in [0.3, 0.4) is 0 Å². The van der Waals surface area contributed by atoms with Crippen molar-refractivity contribution in [2.24, 2.45) is 0 Å². The third kappa shape index (κ3) is 6.04. The van der Waals surface area contributed by atoms with Crippen LogP contribution in [0.5, 0.6) is 0 Å². The minimum absolute atomic E-state index is 0.966. The molecular formula is C6H10CuO. The van der Waals surface area contributed by atoms with Crippen molar-refractivity contribution in [3.05, 3.63) is 0 Å². The number of hydrogen-bond donors (Lipinski definition) is 0. The van der Waals surface area contributed by atoms with E-state index in [0.717, 1.165) is 12.8 Å². The summed E-state index contributed by atoms with van der Waals surface area (Å²) in [4.78, 5) is 2.77. The van der Waals surface area contributed by atoms with Crippen LogP contribution in [0.4, 0.5) is 0 Å². The summed E-state index contributed by atoms with van der Waals surface area (Å²) in [6, 6.07) is 0. The fourth-order valence-corrected chi connectivity index (χ4v) is 0.497. The molecule has 0 saturated carbocycles. The predicted octanol–water partition coefficient (Wildman–Crippen LogP) is 1.39. The van der Waals surface area contributed by atoms with Gasteiger partial charge in [0.25, 0.3) is 0 Å². The maximum absolute atomic E-state index is 4.62. The molecule has 0 aromatic rings. The van der Waals surface area contributed by atoms with Crippen LogP contribution in [0.25, 0.3) is 0 Å². The zero-order chi connectivity index (χ0) is 6.24. The van der Waals surface area contributed by atoms with Crippen molar-refractivity contribution in [1.82, 2.24) is 0 Å². The van der Waals surface area contributed by atoms with Crippen LogP contribution in [-0.2, 0) is 19.1 Å². The predicted molar refractivity (Wildman–Crippen MR) is 29.7 cm³/mol. The van der Waals surface area contributed by atoms with Crippen LogP contribution in [0, 0.1) is 10.7 Å². The standard InChI is InChI=1S/C5H7.CH3O.Cu/c1-3-5-4-2;1-2;/h3,5H2,1H3;1H3;/q;-1;+1. The zero-order valence-electron chi connectivity index (χ0n) is 5.12. The van der Waals surface area contributed by atoms with Gasteiger partial charge >= 0.3 is 56.7 Å². The summed E-state index contributed by atoms with van der Waals surface area (Å²) in [7, 11) is 1.61. The molecule has 0 saturated heterocycles. The van der Waals surface area contributed by atoms with Crippen LogP contribution in [0.2, 0.25) is 0 Å². The van der Waals surface area contributed by atoms with E-state index in [4.69, 9.17) is 0 Å². The Kier molecular flexibility index (Phi) is 7.07. The van der Waals surface area contributed by atoms with E-state index in [1.807, 2.05) is 0 Å². The van der Waals surface area contributed by atoms with Gasteiger partial charge < -0.3 is 0 Å². The summed E-state index contributed by atoms with van der Waals surface area (Å²) in [5.74, 6) is 2.92. The first-order valence-electron chi connectivity index (χ1n) is 2.49. The first-order valence-corrected chi connectivity index (χ1v) is 3.35. The maximum atomic E-state index is 4.62. The molecule has 0 rings (SSSR count). The van der Waals surface area contributed by atoms with E-state index >= 15 is 0 Å². The second kappa shape index (κ2) is 7.04. The Morgan fingerprint density at radius 1 is 1.62 bits per heavy atom. The van der Waals surface area contributed by atoms with E-state index in [-0.39, 0.29) is 0 Å². The SMILES string of the molecule is CCCC#[C][Cu][O]C. The average Bonchev–Trinajstić information content (AvgIpc) is 1.81. The topological polar surface area (TPSA) is 9.23 Å². The molecule has 51 valence electrons. The van der Waals surface area contributed by atoms with Crippen molar-refractivity contribution in [2.45, 2.75) is 19.8 Å². The Morgan fingerprint density at radius 3 is 2.88 bits per heavy atom. The minimum atomic E-state index is 0.966. The summed E-state index contributed by atoms with van der Waals surface area (Å²) < 4.78 is 4.62. The molecule has 1 nitrogen and oxygen atoms in total. The molecule has 0 aromatic heterocycles. The van der Waals surface area contributed by atoms with E-state index in [0.29, 0.717) is 0 Å². The van der Waals surface area contributed by atoms with E-state index in [1.165, 1.54) is 15.3 Å². The molecule has 0 spiro atoms. The van der Waals surface area contributed by atoms with Gasteiger partial charge in [-0.15, -0.1) is 0 Å². The van der Waals surface area contributed by atoms with E-state index < -0.39 is 0 Å². The number of hydrogen-bond acceptors (Lipinski definition) is 1. The van der Waals surface area contributed by atoms with Gasteiger partial charge in [-0.3, -0.25) is 0 Å². The van der Waals surface area contributed by atoms with Gasteiger partial charge in [-0.25, -0.2) is 0 Å². The van der Waals surface area contributed by atoms with Crippen molar-refractivity contribution in [3.63, 3.8) is 0 Å². The van der Waals surface area contributed by atoms with E-state index in [2.05, 4.69) is 21.5 Å². The second-order valence-corrected chi connectivity index (χ2v) is 2.00. The van der Waals surface area contributed by atoms with Crippen molar-refractivity contribution in [2.75, 3.05) is 7.11 Å². The molecule has 2 heteroatoms. The first kappa shape index (κ1) is 8.04. The van der Waals surface area contributed by atoms with Gasteiger partial charge in [0, 0.05) is 0 Å². The molecule has 0 amide bonds. The summed E-state index contributed by atoms with van der Waals surface area (Å²) >= 11 is 1.26. The van der Waals surface area contributed by atoms with Gasteiger partial charge in [-0.1, -0.05) is 0 Å². The van der Waals surface area contributed by atoms with Crippen LogP contribution in [0.1, 0.15) is 19.8 Å². The van der Waals surface area contributed by atoms with Crippen LogP contribution in [0.15, 0.2) is 0 Å². The fraction of sp³-hybridized carbons (Fsp3) is 0.667. The monoisotopic (exact) mass is 161 g/mol. The van der Waals surface area contributed by atoms with Gasteiger partial charge in [0.1, 0.15) is 0 Å². The van der Waals surface area contributed by atoms with E-state index in [1.54, 1.807) is 7.11 Å². The molecule has 0 aromatic carbocycles. The molecule has 0 atom stereocenters. The van der Waals surface area contributed by atoms with Crippen LogP contribution >= 0.6 is 0 Å². The van der Waals surface area contributed by atoms with Crippen LogP contribution in [-0.4, -0.2) is 7.11 Å². The van der Waals surface area contributed by atoms with Crippen molar-refractivity contribution in [3.8, 4) is 10.7 Å². The average molecular weight is 162 g/mol. The van der Waals surface area contributed by atoms with Gasteiger partial charge in [0.05, 0.1) is 0 Å². The first-order chi connectivity index (χ1) is 3.91. The van der Waals surface area contributed by atoms with Crippen molar-refractivity contribution in [1.29, 1.82) is 0 Å². The Balaban J connectivity index is 2.95. The van der Waals surface area contributed by atoms with Crippen LogP contribution < -0.4 is 0 Å². The summed E-state index contributed by atoms with van der Waals surface area (Å²) in [6.07, 6.45) is 2.09. The molecule has 0 bridgehead atoms. The molecule has 0 aliphatic heterocycles. The third-order valence-electron chi connectivity index (χ3n) is 0.521. The molecule has 0 heterocycles. The second-order valence-electron chi connectivity index (χ2n) is 1.19. The number of unbranched alkanes of at least 4 members (excludes halogenated alkanes) is 1. The molecule has 0 aliphatic rings. The van der Waals surface area contributed by atoms with E-state index in [9.17, 15) is 0 Å². The molecule has 0 N–H and O–H groups in total. The van der Waals surface area contributed by atoms with Crippen molar-refractivity contribution < 1.29 is 19.1 Å². The normalized spacial score (nSPS) is 8.25. The van der Waals surface area contributed by atoms with Crippen molar-refractivity contribution >= 4 is 0 Å². The summed E-state index contributed by atoms with van der Waals surface area (Å²) in [5.41, 5.74) is 0. The van der Waals surface area contributed by atoms with Gasteiger partial charge in [-0.05, 0) is 0 Å². The Hall–Kier alpha value is 0.0395. The quantitative estimate of drug-likeness (QED) is 0.440.